The van der Waals surface area contributed by atoms with Crippen molar-refractivity contribution in [3.63, 3.8) is 0 Å². The summed E-state index contributed by atoms with van der Waals surface area (Å²) in [6.07, 6.45) is -0.443. The average molecular weight is 505 g/mol. The summed E-state index contributed by atoms with van der Waals surface area (Å²) in [6.45, 7) is 2.41. The summed E-state index contributed by atoms with van der Waals surface area (Å²) in [4.78, 5) is 38.3. The molecule has 0 unspecified atom stereocenters. The Balaban J connectivity index is 2.57. The van der Waals surface area contributed by atoms with Crippen molar-refractivity contribution in [2.45, 2.75) is 23.2 Å². The Kier molecular flexibility index (Phi) is 11.4. The number of thioether (sulfide) groups is 1. The zero-order chi connectivity index (χ0) is 25.8. The van der Waals surface area contributed by atoms with E-state index in [2.05, 4.69) is 5.32 Å². The van der Waals surface area contributed by atoms with Gasteiger partial charge < -0.3 is 29.2 Å². The fourth-order valence-electron chi connectivity index (χ4n) is 3.23. The van der Waals surface area contributed by atoms with E-state index in [9.17, 15) is 14.4 Å². The molecule has 2 rings (SSSR count). The summed E-state index contributed by atoms with van der Waals surface area (Å²) in [5, 5.41) is 2.52. The van der Waals surface area contributed by atoms with Gasteiger partial charge in [-0.2, -0.15) is 0 Å². The summed E-state index contributed by atoms with van der Waals surface area (Å²) in [7, 11) is 6.66. The van der Waals surface area contributed by atoms with Crippen molar-refractivity contribution in [2.24, 2.45) is 0 Å². The Morgan fingerprint density at radius 1 is 1.14 bits per heavy atom. The fourth-order valence-corrected chi connectivity index (χ4v) is 4.62. The number of aldehydes is 1. The van der Waals surface area contributed by atoms with Gasteiger partial charge in [0.05, 0.1) is 30.1 Å². The van der Waals surface area contributed by atoms with Crippen LogP contribution in [0.5, 0.6) is 11.5 Å². The normalized spacial score (nSPS) is 12.3. The minimum Gasteiger partial charge on any atom is -0.497 e. The van der Waals surface area contributed by atoms with Gasteiger partial charge >= 0.3 is 11.9 Å². The molecule has 0 aliphatic carbocycles. The number of methoxy groups -OCH3 is 2. The van der Waals surface area contributed by atoms with E-state index in [1.54, 1.807) is 25.3 Å². The number of anilines is 1. The first-order valence-corrected chi connectivity index (χ1v) is 11.8. The van der Waals surface area contributed by atoms with Crippen LogP contribution in [0.1, 0.15) is 17.7 Å². The van der Waals surface area contributed by atoms with E-state index in [4.69, 9.17) is 18.9 Å². The molecule has 0 amide bonds. The van der Waals surface area contributed by atoms with Gasteiger partial charge in [0, 0.05) is 27.1 Å². The number of hydrogen-bond acceptors (Lipinski definition) is 10. The Morgan fingerprint density at radius 2 is 1.86 bits per heavy atom. The van der Waals surface area contributed by atoms with Crippen LogP contribution in [-0.4, -0.2) is 72.3 Å². The van der Waals surface area contributed by atoms with Gasteiger partial charge in [-0.1, -0.05) is 18.2 Å². The number of nitrogens with zero attached hydrogens (tertiary/aromatic N) is 1. The molecule has 35 heavy (non-hydrogen) atoms. The van der Waals surface area contributed by atoms with Crippen LogP contribution in [0.25, 0.3) is 0 Å². The predicted octanol–water partition coefficient (Wildman–Crippen LogP) is 2.87. The molecular weight excluding hydrogens is 472 g/mol. The van der Waals surface area contributed by atoms with Crippen LogP contribution in [0.3, 0.4) is 0 Å². The lowest BCUT2D eigenvalue weighted by Crippen LogP contribution is -2.28. The zero-order valence-corrected chi connectivity index (χ0v) is 21.4. The van der Waals surface area contributed by atoms with Crippen LogP contribution >= 0.6 is 11.8 Å². The van der Waals surface area contributed by atoms with E-state index in [0.29, 0.717) is 29.2 Å². The highest BCUT2D eigenvalue weighted by molar-refractivity contribution is 7.99. The maximum atomic E-state index is 12.0. The number of benzene rings is 2. The van der Waals surface area contributed by atoms with E-state index in [1.165, 1.54) is 25.8 Å². The van der Waals surface area contributed by atoms with Gasteiger partial charge in [0.1, 0.15) is 11.5 Å². The van der Waals surface area contributed by atoms with Gasteiger partial charge in [-0.05, 0) is 36.9 Å². The molecule has 2 atom stereocenters. The molecule has 0 radical (unpaired) electrons. The number of ether oxygens (including phenoxy) is 4. The van der Waals surface area contributed by atoms with Crippen LogP contribution in [-0.2, 0) is 23.9 Å². The highest BCUT2D eigenvalue weighted by atomic mass is 32.2. The molecule has 10 heteroatoms. The second-order valence-corrected chi connectivity index (χ2v) is 8.67. The maximum Gasteiger partial charge on any atom is 0.343 e. The van der Waals surface area contributed by atoms with E-state index >= 15 is 0 Å². The maximum absolute atomic E-state index is 12.0. The van der Waals surface area contributed by atoms with Crippen LogP contribution < -0.4 is 19.7 Å². The van der Waals surface area contributed by atoms with Gasteiger partial charge in [0.15, 0.2) is 19.0 Å². The second kappa shape index (κ2) is 14.2. The first kappa shape index (κ1) is 28.0. The Morgan fingerprint density at radius 3 is 2.43 bits per heavy atom. The monoisotopic (exact) mass is 504 g/mol. The first-order valence-electron chi connectivity index (χ1n) is 11.0. The summed E-state index contributed by atoms with van der Waals surface area (Å²) < 4.78 is 21.1. The highest BCUT2D eigenvalue weighted by Gasteiger charge is 2.30. The topological polar surface area (TPSA) is 103 Å². The minimum absolute atomic E-state index is 0.276. The molecule has 1 N–H and O–H groups in total. The largest absolute Gasteiger partial charge is 0.497 e. The van der Waals surface area contributed by atoms with Crippen LogP contribution in [0.2, 0.25) is 0 Å². The zero-order valence-electron chi connectivity index (χ0n) is 20.6. The molecule has 0 aliphatic heterocycles. The number of esters is 2. The standard InChI is InChI=1S/C25H32N2O7S/c1-17(29)34-22(15-28)24(18-9-11-19(31-4)12-10-18)35-25-20(27(3)14-13-26-2)7-6-8-21(25)33-16-23(30)32-5/h6-12,15,22,24,26H,13-14,16H2,1-5H3/t22-,24-/m0/s1. The molecule has 2 aromatic rings. The molecule has 0 saturated carbocycles. The van der Waals surface area contributed by atoms with Crippen molar-refractivity contribution >= 4 is 35.7 Å². The van der Waals surface area contributed by atoms with Gasteiger partial charge in [0.2, 0.25) is 0 Å². The molecule has 190 valence electrons. The van der Waals surface area contributed by atoms with Crippen molar-refractivity contribution in [3.05, 3.63) is 48.0 Å². The number of likely N-dealkylation sites (N-methyl/N-ethyl adjacent to an activating group) is 2. The minimum atomic E-state index is -1.06. The SMILES string of the molecule is CNCCN(C)c1cccc(OCC(=O)OC)c1S[C@@H](c1ccc(OC)cc1)[C@H](C=O)OC(C)=O. The number of nitrogens with one attached hydrogen (secondary N) is 1. The predicted molar refractivity (Wildman–Crippen MR) is 134 cm³/mol. The van der Waals surface area contributed by atoms with Crippen molar-refractivity contribution < 1.29 is 33.3 Å². The molecule has 0 bridgehead atoms. The van der Waals surface area contributed by atoms with Crippen molar-refractivity contribution in [1.82, 2.24) is 5.32 Å². The lowest BCUT2D eigenvalue weighted by Gasteiger charge is -2.28. The van der Waals surface area contributed by atoms with Gasteiger partial charge in [-0.25, -0.2) is 4.79 Å². The van der Waals surface area contributed by atoms with Crippen molar-refractivity contribution in [1.29, 1.82) is 0 Å². The number of hydrogen-bond donors (Lipinski definition) is 1. The first-order chi connectivity index (χ1) is 16.8. The molecule has 9 nitrogen and oxygen atoms in total. The highest BCUT2D eigenvalue weighted by Crippen LogP contribution is 2.47. The lowest BCUT2D eigenvalue weighted by atomic mass is 10.1. The fraction of sp³-hybridized carbons (Fsp3) is 0.400. The molecule has 0 aliphatic rings. The van der Waals surface area contributed by atoms with Gasteiger partial charge in [0.25, 0.3) is 0 Å². The number of carbonyl (C=O) groups is 3. The summed E-state index contributed by atoms with van der Waals surface area (Å²) in [5.74, 6) is 0.0113. The van der Waals surface area contributed by atoms with Gasteiger partial charge in [-0.15, -0.1) is 11.8 Å². The lowest BCUT2D eigenvalue weighted by molar-refractivity contribution is -0.149. The Hall–Kier alpha value is -3.24. The van der Waals surface area contributed by atoms with Gasteiger partial charge in [-0.3, -0.25) is 9.59 Å². The summed E-state index contributed by atoms with van der Waals surface area (Å²) >= 11 is 1.32. The molecule has 2 aromatic carbocycles. The number of carbonyl (C=O) groups excluding carboxylic acids is 3. The summed E-state index contributed by atoms with van der Waals surface area (Å²) in [6, 6.07) is 12.7. The average Bonchev–Trinajstić information content (AvgIpc) is 2.87. The Labute approximate surface area is 210 Å². The third-order valence-corrected chi connectivity index (χ3v) is 6.50. The molecular formula is C25H32N2O7S. The number of rotatable bonds is 14. The molecule has 0 heterocycles. The van der Waals surface area contributed by atoms with E-state index < -0.39 is 23.3 Å². The molecule has 0 saturated heterocycles. The van der Waals surface area contributed by atoms with Crippen LogP contribution in [0, 0.1) is 0 Å². The third kappa shape index (κ3) is 8.18. The van der Waals surface area contributed by atoms with E-state index in [-0.39, 0.29) is 6.61 Å². The van der Waals surface area contributed by atoms with E-state index in [1.807, 2.05) is 43.3 Å². The van der Waals surface area contributed by atoms with Crippen LogP contribution in [0.15, 0.2) is 47.4 Å². The second-order valence-electron chi connectivity index (χ2n) is 7.52. The van der Waals surface area contributed by atoms with Crippen molar-refractivity contribution in [3.8, 4) is 11.5 Å². The van der Waals surface area contributed by atoms with E-state index in [0.717, 1.165) is 17.8 Å². The van der Waals surface area contributed by atoms with Crippen molar-refractivity contribution in [2.75, 3.05) is 52.9 Å². The quantitative estimate of drug-likeness (QED) is 0.235. The smallest absolute Gasteiger partial charge is 0.343 e. The third-order valence-electron chi connectivity index (χ3n) is 5.06. The summed E-state index contributed by atoms with van der Waals surface area (Å²) in [5.41, 5.74) is 1.58. The molecule has 0 aromatic heterocycles. The molecule has 0 spiro atoms. The van der Waals surface area contributed by atoms with Crippen LogP contribution in [0.4, 0.5) is 5.69 Å². The molecule has 0 fully saturated rings. The Bertz CT molecular complexity index is 984.